The summed E-state index contributed by atoms with van der Waals surface area (Å²) >= 11 is 0. The predicted octanol–water partition coefficient (Wildman–Crippen LogP) is 3.46. The summed E-state index contributed by atoms with van der Waals surface area (Å²) < 4.78 is 0. The lowest BCUT2D eigenvalue weighted by Gasteiger charge is -2.29. The highest BCUT2D eigenvalue weighted by molar-refractivity contribution is 5.88. The van der Waals surface area contributed by atoms with Crippen molar-refractivity contribution in [2.75, 3.05) is 6.54 Å². The Morgan fingerprint density at radius 3 is 2.64 bits per heavy atom. The van der Waals surface area contributed by atoms with Crippen molar-refractivity contribution in [3.8, 4) is 0 Å². The molecule has 0 saturated heterocycles. The quantitative estimate of drug-likeness (QED) is 0.931. The fourth-order valence-electron chi connectivity index (χ4n) is 3.84. The van der Waals surface area contributed by atoms with Crippen LogP contribution in [0.1, 0.15) is 45.8 Å². The molecule has 0 bridgehead atoms. The number of nitrogens with zero attached hydrogens (tertiary/aromatic N) is 1. The molecule has 1 fully saturated rings. The van der Waals surface area contributed by atoms with Crippen LogP contribution in [0.2, 0.25) is 0 Å². The van der Waals surface area contributed by atoms with Crippen molar-refractivity contribution in [1.29, 1.82) is 0 Å². The van der Waals surface area contributed by atoms with E-state index in [2.05, 4.69) is 12.1 Å². The Morgan fingerprint density at radius 1 is 1.08 bits per heavy atom. The minimum absolute atomic E-state index is 0.190. The van der Waals surface area contributed by atoms with Gasteiger partial charge >= 0.3 is 5.97 Å². The Kier molecular flexibility index (Phi) is 4.04. The molecule has 1 saturated carbocycles. The molecule has 4 rings (SSSR count). The number of carbonyl (C=O) groups is 2. The van der Waals surface area contributed by atoms with Gasteiger partial charge in [0.25, 0.3) is 0 Å². The first-order chi connectivity index (χ1) is 12.1. The molecule has 1 aliphatic carbocycles. The van der Waals surface area contributed by atoms with Crippen LogP contribution in [0.4, 0.5) is 0 Å². The second kappa shape index (κ2) is 6.36. The average molecular weight is 335 g/mol. The SMILES string of the molecule is O=C(O)c1ccc2c(c1)CN(C(=O)C[C@@H]1C[C@H]1c1ccccc1)CC2. The van der Waals surface area contributed by atoms with Crippen LogP contribution < -0.4 is 0 Å². The Hall–Kier alpha value is -2.62. The lowest BCUT2D eigenvalue weighted by molar-refractivity contribution is -0.132. The number of aromatic carboxylic acids is 1. The van der Waals surface area contributed by atoms with Gasteiger partial charge in [0, 0.05) is 19.5 Å². The van der Waals surface area contributed by atoms with Crippen molar-refractivity contribution in [3.63, 3.8) is 0 Å². The molecule has 0 radical (unpaired) electrons. The highest BCUT2D eigenvalue weighted by atomic mass is 16.4. The van der Waals surface area contributed by atoms with Gasteiger partial charge < -0.3 is 10.0 Å². The molecule has 1 N–H and O–H groups in total. The summed E-state index contributed by atoms with van der Waals surface area (Å²) in [5.41, 5.74) is 3.74. The number of hydrogen-bond donors (Lipinski definition) is 1. The monoisotopic (exact) mass is 335 g/mol. The third-order valence-corrected chi connectivity index (χ3v) is 5.41. The van der Waals surface area contributed by atoms with Crippen molar-refractivity contribution in [2.45, 2.75) is 31.7 Å². The zero-order chi connectivity index (χ0) is 17.4. The highest BCUT2D eigenvalue weighted by Gasteiger charge is 2.40. The first-order valence-electron chi connectivity index (χ1n) is 8.79. The topological polar surface area (TPSA) is 57.6 Å². The van der Waals surface area contributed by atoms with Gasteiger partial charge in [-0.2, -0.15) is 0 Å². The maximum atomic E-state index is 12.7. The molecule has 1 heterocycles. The highest BCUT2D eigenvalue weighted by Crippen LogP contribution is 2.49. The smallest absolute Gasteiger partial charge is 0.335 e. The molecule has 0 spiro atoms. The van der Waals surface area contributed by atoms with E-state index in [0.717, 1.165) is 30.5 Å². The lowest BCUT2D eigenvalue weighted by Crippen LogP contribution is -2.36. The number of carboxylic acid groups (broad SMARTS) is 1. The van der Waals surface area contributed by atoms with E-state index in [4.69, 9.17) is 5.11 Å². The number of carboxylic acids is 1. The van der Waals surface area contributed by atoms with Crippen LogP contribution in [0.15, 0.2) is 48.5 Å². The van der Waals surface area contributed by atoms with Crippen LogP contribution in [0.3, 0.4) is 0 Å². The van der Waals surface area contributed by atoms with Gasteiger partial charge in [-0.05, 0) is 53.5 Å². The van der Waals surface area contributed by atoms with Gasteiger partial charge in [0.1, 0.15) is 0 Å². The fourth-order valence-corrected chi connectivity index (χ4v) is 3.84. The largest absolute Gasteiger partial charge is 0.478 e. The molecule has 2 atom stereocenters. The summed E-state index contributed by atoms with van der Waals surface area (Å²) in [7, 11) is 0. The maximum absolute atomic E-state index is 12.7. The van der Waals surface area contributed by atoms with Gasteiger partial charge in [0.15, 0.2) is 0 Å². The first-order valence-corrected chi connectivity index (χ1v) is 8.79. The number of benzene rings is 2. The first kappa shape index (κ1) is 15.9. The van der Waals surface area contributed by atoms with E-state index >= 15 is 0 Å². The van der Waals surface area contributed by atoms with Gasteiger partial charge in [0.05, 0.1) is 5.56 Å². The molecule has 4 heteroatoms. The van der Waals surface area contributed by atoms with Crippen molar-refractivity contribution in [1.82, 2.24) is 4.90 Å². The van der Waals surface area contributed by atoms with Crippen molar-refractivity contribution >= 4 is 11.9 Å². The molecule has 2 aliphatic rings. The number of hydrogen-bond acceptors (Lipinski definition) is 2. The Morgan fingerprint density at radius 2 is 1.88 bits per heavy atom. The van der Waals surface area contributed by atoms with Crippen molar-refractivity contribution in [2.24, 2.45) is 5.92 Å². The maximum Gasteiger partial charge on any atom is 0.335 e. The minimum Gasteiger partial charge on any atom is -0.478 e. The number of carbonyl (C=O) groups excluding carboxylic acids is 1. The third-order valence-electron chi connectivity index (χ3n) is 5.41. The Bertz CT molecular complexity index is 815. The van der Waals surface area contributed by atoms with Crippen molar-refractivity contribution < 1.29 is 14.7 Å². The van der Waals surface area contributed by atoms with E-state index in [0.29, 0.717) is 30.4 Å². The molecule has 0 unspecified atom stereocenters. The molecular weight excluding hydrogens is 314 g/mol. The third kappa shape index (κ3) is 3.29. The van der Waals surface area contributed by atoms with Crippen LogP contribution in [0.25, 0.3) is 0 Å². The molecule has 1 aliphatic heterocycles. The van der Waals surface area contributed by atoms with Crippen LogP contribution in [-0.4, -0.2) is 28.4 Å². The van der Waals surface area contributed by atoms with Gasteiger partial charge in [-0.1, -0.05) is 36.4 Å². The van der Waals surface area contributed by atoms with E-state index < -0.39 is 5.97 Å². The molecule has 25 heavy (non-hydrogen) atoms. The molecule has 2 aromatic carbocycles. The van der Waals surface area contributed by atoms with E-state index in [1.165, 1.54) is 5.56 Å². The zero-order valence-corrected chi connectivity index (χ0v) is 14.0. The number of rotatable bonds is 4. The normalized spacial score (nSPS) is 21.5. The van der Waals surface area contributed by atoms with E-state index in [1.54, 1.807) is 12.1 Å². The van der Waals surface area contributed by atoms with Crippen molar-refractivity contribution in [3.05, 3.63) is 70.8 Å². The summed E-state index contributed by atoms with van der Waals surface area (Å²) in [6.45, 7) is 1.25. The van der Waals surface area contributed by atoms with E-state index in [1.807, 2.05) is 29.2 Å². The summed E-state index contributed by atoms with van der Waals surface area (Å²) in [5.74, 6) is 0.229. The Labute approximate surface area is 147 Å². The van der Waals surface area contributed by atoms with E-state index in [9.17, 15) is 9.59 Å². The van der Waals surface area contributed by atoms with Gasteiger partial charge in [0.2, 0.25) is 5.91 Å². The standard InChI is InChI=1S/C21H21NO3/c23-20(12-17-11-19(17)15-4-2-1-3-5-15)22-9-8-14-6-7-16(21(24)25)10-18(14)13-22/h1-7,10,17,19H,8-9,11-13H2,(H,24,25)/t17-,19-/m0/s1. The van der Waals surface area contributed by atoms with Gasteiger partial charge in [-0.25, -0.2) is 4.79 Å². The summed E-state index contributed by atoms with van der Waals surface area (Å²) in [6.07, 6.45) is 2.48. The van der Waals surface area contributed by atoms with Gasteiger partial charge in [-0.3, -0.25) is 4.79 Å². The van der Waals surface area contributed by atoms with E-state index in [-0.39, 0.29) is 5.91 Å². The fraction of sp³-hybridized carbons (Fsp3) is 0.333. The minimum atomic E-state index is -0.921. The summed E-state index contributed by atoms with van der Waals surface area (Å²) in [6, 6.07) is 15.6. The predicted molar refractivity (Wildman–Crippen MR) is 94.4 cm³/mol. The lowest BCUT2D eigenvalue weighted by atomic mass is 9.97. The average Bonchev–Trinajstić information content (AvgIpc) is 3.40. The zero-order valence-electron chi connectivity index (χ0n) is 14.0. The van der Waals surface area contributed by atoms with Gasteiger partial charge in [-0.15, -0.1) is 0 Å². The molecule has 1 amide bonds. The molecule has 2 aromatic rings. The van der Waals surface area contributed by atoms with Crippen LogP contribution in [-0.2, 0) is 17.8 Å². The number of amides is 1. The molecular formula is C21H21NO3. The van der Waals surface area contributed by atoms with Crippen LogP contribution in [0, 0.1) is 5.92 Å². The van der Waals surface area contributed by atoms with Crippen LogP contribution in [0.5, 0.6) is 0 Å². The second-order valence-electron chi connectivity index (χ2n) is 7.07. The Balaban J connectivity index is 1.39. The summed E-state index contributed by atoms with van der Waals surface area (Å²) in [4.78, 5) is 25.7. The molecule has 0 aromatic heterocycles. The number of fused-ring (bicyclic) bond motifs is 1. The van der Waals surface area contributed by atoms with Crippen LogP contribution >= 0.6 is 0 Å². The second-order valence-corrected chi connectivity index (χ2v) is 7.07. The summed E-state index contributed by atoms with van der Waals surface area (Å²) in [5, 5.41) is 9.15. The molecule has 128 valence electrons. The molecule has 4 nitrogen and oxygen atoms in total.